The Morgan fingerprint density at radius 3 is 2.04 bits per heavy atom. The first-order chi connectivity index (χ1) is 11.7. The summed E-state index contributed by atoms with van der Waals surface area (Å²) in [6.45, 7) is 7.54. The number of hydrogen-bond donors (Lipinski definition) is 0. The van der Waals surface area contributed by atoms with Crippen LogP contribution in [-0.4, -0.2) is 62.0 Å². The molecule has 1 fully saturated rings. The number of hydrogen-bond acceptors (Lipinski definition) is 4. The van der Waals surface area contributed by atoms with Crippen molar-refractivity contribution in [1.82, 2.24) is 9.80 Å². The molecular formula is C18H26N2O4S. The maximum atomic E-state index is 12.3. The van der Waals surface area contributed by atoms with Gasteiger partial charge in [-0.25, -0.2) is 8.42 Å². The molecule has 138 valence electrons. The molecule has 6 nitrogen and oxygen atoms in total. The van der Waals surface area contributed by atoms with E-state index in [-0.39, 0.29) is 34.8 Å². The first-order valence-electron chi connectivity index (χ1n) is 8.56. The third-order valence-corrected chi connectivity index (χ3v) is 6.13. The highest BCUT2D eigenvalue weighted by Crippen LogP contribution is 2.14. The number of sulfone groups is 1. The second-order valence-electron chi connectivity index (χ2n) is 6.74. The lowest BCUT2D eigenvalue weighted by molar-refractivity contribution is -0.141. The van der Waals surface area contributed by atoms with Gasteiger partial charge in [0.15, 0.2) is 9.84 Å². The molecule has 7 heteroatoms. The van der Waals surface area contributed by atoms with Gasteiger partial charge < -0.3 is 9.80 Å². The van der Waals surface area contributed by atoms with Gasteiger partial charge in [0, 0.05) is 38.5 Å². The van der Waals surface area contributed by atoms with Crippen molar-refractivity contribution in [2.45, 2.75) is 32.1 Å². The molecule has 0 radical (unpaired) electrons. The first kappa shape index (κ1) is 19.4. The van der Waals surface area contributed by atoms with E-state index >= 15 is 0 Å². The number of rotatable bonds is 5. The van der Waals surface area contributed by atoms with Crippen molar-refractivity contribution < 1.29 is 18.0 Å². The quantitative estimate of drug-likeness (QED) is 0.791. The average Bonchev–Trinajstić information content (AvgIpc) is 2.59. The van der Waals surface area contributed by atoms with Crippen LogP contribution in [0.25, 0.3) is 0 Å². The van der Waals surface area contributed by atoms with E-state index in [1.165, 1.54) is 0 Å². The van der Waals surface area contributed by atoms with Gasteiger partial charge >= 0.3 is 0 Å². The molecule has 0 spiro atoms. The van der Waals surface area contributed by atoms with Gasteiger partial charge in [-0.2, -0.15) is 0 Å². The maximum Gasteiger partial charge on any atom is 0.225 e. The summed E-state index contributed by atoms with van der Waals surface area (Å²) in [5.41, 5.74) is 0.990. The molecule has 1 saturated heterocycles. The van der Waals surface area contributed by atoms with Gasteiger partial charge in [-0.1, -0.05) is 31.5 Å². The zero-order chi connectivity index (χ0) is 18.6. The third-order valence-electron chi connectivity index (χ3n) is 4.40. The zero-order valence-corrected chi connectivity index (χ0v) is 15.9. The molecular weight excluding hydrogens is 340 g/mol. The van der Waals surface area contributed by atoms with Crippen molar-refractivity contribution in [2.75, 3.05) is 31.9 Å². The predicted molar refractivity (Wildman–Crippen MR) is 95.8 cm³/mol. The normalized spacial score (nSPS) is 15.5. The SMILES string of the molecule is Cc1ccc(S(=O)(=O)CCC(=O)N2CCN(C(=O)C(C)C)CC2)cc1. The van der Waals surface area contributed by atoms with Crippen molar-refractivity contribution in [3.63, 3.8) is 0 Å². The van der Waals surface area contributed by atoms with Crippen LogP contribution in [0, 0.1) is 12.8 Å². The summed E-state index contributed by atoms with van der Waals surface area (Å²) in [5.74, 6) is -0.330. The largest absolute Gasteiger partial charge is 0.339 e. The number of piperazine rings is 1. The van der Waals surface area contributed by atoms with Crippen LogP contribution in [-0.2, 0) is 19.4 Å². The Kier molecular flexibility index (Phi) is 6.21. The third kappa shape index (κ3) is 5.04. The Bertz CT molecular complexity index is 718. The molecule has 25 heavy (non-hydrogen) atoms. The summed E-state index contributed by atoms with van der Waals surface area (Å²) in [6.07, 6.45) is -0.0334. The molecule has 1 aromatic rings. The molecule has 1 heterocycles. The van der Waals surface area contributed by atoms with E-state index in [9.17, 15) is 18.0 Å². The molecule has 0 N–H and O–H groups in total. The van der Waals surface area contributed by atoms with Crippen molar-refractivity contribution in [3.8, 4) is 0 Å². The minimum absolute atomic E-state index is 0.0334. The highest BCUT2D eigenvalue weighted by molar-refractivity contribution is 7.91. The smallest absolute Gasteiger partial charge is 0.225 e. The second-order valence-corrected chi connectivity index (χ2v) is 8.85. The van der Waals surface area contributed by atoms with Crippen molar-refractivity contribution in [2.24, 2.45) is 5.92 Å². The van der Waals surface area contributed by atoms with Crippen LogP contribution < -0.4 is 0 Å². The van der Waals surface area contributed by atoms with E-state index in [4.69, 9.17) is 0 Å². The van der Waals surface area contributed by atoms with Gasteiger partial charge in [0.05, 0.1) is 10.6 Å². The highest BCUT2D eigenvalue weighted by Gasteiger charge is 2.26. The molecule has 0 unspecified atom stereocenters. The molecule has 0 bridgehead atoms. The van der Waals surface area contributed by atoms with E-state index in [0.29, 0.717) is 26.2 Å². The molecule has 0 atom stereocenters. The molecule has 2 rings (SSSR count). The summed E-state index contributed by atoms with van der Waals surface area (Å²) in [7, 11) is -3.46. The molecule has 0 aliphatic carbocycles. The van der Waals surface area contributed by atoms with E-state index in [1.807, 2.05) is 20.8 Å². The van der Waals surface area contributed by atoms with Crippen molar-refractivity contribution in [3.05, 3.63) is 29.8 Å². The van der Waals surface area contributed by atoms with Crippen LogP contribution in [0.1, 0.15) is 25.8 Å². The molecule has 1 aromatic carbocycles. The van der Waals surface area contributed by atoms with Gasteiger partial charge in [-0.15, -0.1) is 0 Å². The van der Waals surface area contributed by atoms with Gasteiger partial charge in [-0.05, 0) is 19.1 Å². The molecule has 0 saturated carbocycles. The van der Waals surface area contributed by atoms with E-state index < -0.39 is 9.84 Å². The summed E-state index contributed by atoms with van der Waals surface area (Å²) in [6, 6.07) is 6.65. The Morgan fingerprint density at radius 2 is 1.52 bits per heavy atom. The fourth-order valence-corrected chi connectivity index (χ4v) is 4.01. The average molecular weight is 366 g/mol. The fraction of sp³-hybridized carbons (Fsp3) is 0.556. The van der Waals surface area contributed by atoms with Crippen LogP contribution >= 0.6 is 0 Å². The fourth-order valence-electron chi connectivity index (χ4n) is 2.78. The number of carbonyl (C=O) groups is 2. The molecule has 1 aliphatic rings. The van der Waals surface area contributed by atoms with Crippen LogP contribution in [0.4, 0.5) is 0 Å². The zero-order valence-electron chi connectivity index (χ0n) is 15.1. The summed E-state index contributed by atoms with van der Waals surface area (Å²) >= 11 is 0. The predicted octanol–water partition coefficient (Wildman–Crippen LogP) is 1.49. The minimum Gasteiger partial charge on any atom is -0.339 e. The van der Waals surface area contributed by atoms with Crippen LogP contribution in [0.5, 0.6) is 0 Å². The standard InChI is InChI=1S/C18H26N2O4S/c1-14(2)18(22)20-11-9-19(10-12-20)17(21)8-13-25(23,24)16-6-4-15(3)5-7-16/h4-7,14H,8-13H2,1-3H3. The summed E-state index contributed by atoms with van der Waals surface area (Å²) in [4.78, 5) is 27.9. The lowest BCUT2D eigenvalue weighted by atomic mass is 10.1. The van der Waals surface area contributed by atoms with Gasteiger partial charge in [0.25, 0.3) is 0 Å². The number of aryl methyl sites for hydroxylation is 1. The Morgan fingerprint density at radius 1 is 1.00 bits per heavy atom. The molecule has 1 aliphatic heterocycles. The lowest BCUT2D eigenvalue weighted by Crippen LogP contribution is -2.51. The summed E-state index contributed by atoms with van der Waals surface area (Å²) in [5, 5.41) is 0. The van der Waals surface area contributed by atoms with Crippen LogP contribution in [0.3, 0.4) is 0 Å². The lowest BCUT2D eigenvalue weighted by Gasteiger charge is -2.35. The van der Waals surface area contributed by atoms with E-state index in [1.54, 1.807) is 34.1 Å². The Balaban J connectivity index is 1.87. The molecule has 0 aromatic heterocycles. The number of amides is 2. The monoisotopic (exact) mass is 366 g/mol. The minimum atomic E-state index is -3.46. The highest BCUT2D eigenvalue weighted by atomic mass is 32.2. The van der Waals surface area contributed by atoms with Crippen molar-refractivity contribution >= 4 is 21.7 Å². The van der Waals surface area contributed by atoms with E-state index in [2.05, 4.69) is 0 Å². The van der Waals surface area contributed by atoms with Gasteiger partial charge in [0.2, 0.25) is 11.8 Å². The van der Waals surface area contributed by atoms with Crippen LogP contribution in [0.2, 0.25) is 0 Å². The number of carbonyl (C=O) groups excluding carboxylic acids is 2. The van der Waals surface area contributed by atoms with Crippen molar-refractivity contribution in [1.29, 1.82) is 0 Å². The second kappa shape index (κ2) is 7.99. The number of benzene rings is 1. The van der Waals surface area contributed by atoms with Gasteiger partial charge in [0.1, 0.15) is 0 Å². The summed E-state index contributed by atoms with van der Waals surface area (Å²) < 4.78 is 24.6. The Hall–Kier alpha value is -1.89. The topological polar surface area (TPSA) is 74.8 Å². The maximum absolute atomic E-state index is 12.3. The Labute approximate surface area is 149 Å². The number of nitrogens with zero attached hydrogens (tertiary/aromatic N) is 2. The first-order valence-corrected chi connectivity index (χ1v) is 10.2. The van der Waals surface area contributed by atoms with Gasteiger partial charge in [-0.3, -0.25) is 9.59 Å². The van der Waals surface area contributed by atoms with E-state index in [0.717, 1.165) is 5.56 Å². The molecule has 2 amide bonds. The van der Waals surface area contributed by atoms with Crippen LogP contribution in [0.15, 0.2) is 29.2 Å².